The number of para-hydroxylation sites is 2. The van der Waals surface area contributed by atoms with Gasteiger partial charge in [0, 0.05) is 51.0 Å². The number of nitrogens with one attached hydrogen (secondary N) is 2. The first-order chi connectivity index (χ1) is 29.3. The molecule has 0 aromatic heterocycles. The van der Waals surface area contributed by atoms with Gasteiger partial charge in [0.05, 0.1) is 44.4 Å². The van der Waals surface area contributed by atoms with E-state index in [2.05, 4.69) is 64.1 Å². The van der Waals surface area contributed by atoms with Crippen molar-refractivity contribution in [2.75, 3.05) is 38.4 Å². The second-order valence-corrected chi connectivity index (χ2v) is 15.6. The minimum absolute atomic E-state index is 0.00585. The molecule has 0 saturated carbocycles. The van der Waals surface area contributed by atoms with Crippen LogP contribution in [0.4, 0.5) is 11.4 Å². The molecule has 0 unspecified atom stereocenters. The van der Waals surface area contributed by atoms with E-state index >= 15 is 0 Å². The number of anilines is 2. The molecule has 0 bridgehead atoms. The summed E-state index contributed by atoms with van der Waals surface area (Å²) in [5.74, 6) is 1.41. The third-order valence-corrected chi connectivity index (χ3v) is 11.3. The number of nitrogen functional groups attached to an aromatic ring is 1. The monoisotopic (exact) mass is 812 g/mol. The topological polar surface area (TPSA) is 145 Å². The maximum Gasteiger partial charge on any atom is 0.224 e. The summed E-state index contributed by atoms with van der Waals surface area (Å²) < 4.78 is 24.5. The van der Waals surface area contributed by atoms with E-state index in [-0.39, 0.29) is 30.6 Å². The molecule has 11 nitrogen and oxygen atoms in total. The number of aliphatic hydroxyl groups is 1. The molecule has 5 aromatic carbocycles. The molecule has 1 saturated heterocycles. The van der Waals surface area contributed by atoms with Crippen molar-refractivity contribution >= 4 is 23.2 Å². The van der Waals surface area contributed by atoms with Crippen LogP contribution in [0.25, 0.3) is 11.1 Å². The van der Waals surface area contributed by atoms with Gasteiger partial charge in [0.2, 0.25) is 11.8 Å². The number of nitrogens with zero attached hydrogens (tertiary/aromatic N) is 1. The Morgan fingerprint density at radius 3 is 2.22 bits per heavy atom. The van der Waals surface area contributed by atoms with Crippen LogP contribution in [0.1, 0.15) is 84.3 Å². The number of hydrogen-bond donors (Lipinski definition) is 4. The number of rotatable bonds is 17. The van der Waals surface area contributed by atoms with Crippen LogP contribution in [0.15, 0.2) is 109 Å². The van der Waals surface area contributed by atoms with Crippen molar-refractivity contribution in [2.24, 2.45) is 0 Å². The maximum atomic E-state index is 12.7. The predicted molar refractivity (Wildman–Crippen MR) is 233 cm³/mol. The number of ether oxygens (including phenoxy) is 4. The summed E-state index contributed by atoms with van der Waals surface area (Å²) in [6.07, 6.45) is 3.79. The van der Waals surface area contributed by atoms with Gasteiger partial charge in [-0.1, -0.05) is 85.3 Å². The highest BCUT2D eigenvalue weighted by molar-refractivity contribution is 5.93. The number of hydrogen-bond acceptors (Lipinski definition) is 9. The lowest BCUT2D eigenvalue weighted by molar-refractivity contribution is -0.253. The van der Waals surface area contributed by atoms with Crippen LogP contribution >= 0.6 is 0 Å². The second-order valence-electron chi connectivity index (χ2n) is 15.6. The van der Waals surface area contributed by atoms with E-state index in [1.165, 1.54) is 11.1 Å². The molecule has 1 fully saturated rings. The molecule has 2 aliphatic heterocycles. The van der Waals surface area contributed by atoms with Gasteiger partial charge in [-0.3, -0.25) is 14.5 Å². The molecule has 3 atom stereocenters. The summed E-state index contributed by atoms with van der Waals surface area (Å²) in [5.41, 5.74) is 15.6. The highest BCUT2D eigenvalue weighted by Gasteiger charge is 2.34. The van der Waals surface area contributed by atoms with Crippen LogP contribution in [-0.4, -0.2) is 55.2 Å². The van der Waals surface area contributed by atoms with Crippen molar-refractivity contribution < 1.29 is 33.6 Å². The average Bonchev–Trinajstić information content (AvgIpc) is 3.28. The van der Waals surface area contributed by atoms with E-state index in [9.17, 15) is 14.7 Å². The van der Waals surface area contributed by atoms with Crippen LogP contribution in [0.2, 0.25) is 0 Å². The SMILES string of the molecule is COc1cc2c(cc1OC)CN(C[C@H]1C[C@@H](c3ccc(CO)cc3)O[C@@H](c3ccc(-c4cccc(CNC(=O)CCCCCC(=O)Nc5ccccc5N)c4)cc3)O1)CC2. The number of nitrogens with two attached hydrogens (primary N) is 1. The van der Waals surface area contributed by atoms with Crippen LogP contribution in [-0.2, 0) is 45.2 Å². The fraction of sp³-hybridized carbons (Fsp3) is 0.347. The van der Waals surface area contributed by atoms with E-state index in [1.54, 1.807) is 26.4 Å². The van der Waals surface area contributed by atoms with Gasteiger partial charge in [0.25, 0.3) is 0 Å². The van der Waals surface area contributed by atoms with E-state index in [0.29, 0.717) is 50.0 Å². The molecule has 5 N–H and O–H groups in total. The van der Waals surface area contributed by atoms with Crippen molar-refractivity contribution in [1.29, 1.82) is 0 Å². The summed E-state index contributed by atoms with van der Waals surface area (Å²) >= 11 is 0. The maximum absolute atomic E-state index is 12.7. The van der Waals surface area contributed by atoms with Gasteiger partial charge in [-0.25, -0.2) is 0 Å². The molecule has 2 amide bonds. The molecule has 2 aliphatic rings. The van der Waals surface area contributed by atoms with E-state index in [0.717, 1.165) is 77.4 Å². The molecule has 314 valence electrons. The first-order valence-corrected chi connectivity index (χ1v) is 20.9. The zero-order chi connectivity index (χ0) is 41.8. The van der Waals surface area contributed by atoms with Gasteiger partial charge in [-0.15, -0.1) is 0 Å². The zero-order valence-corrected chi connectivity index (χ0v) is 34.5. The number of benzene rings is 5. The number of methoxy groups -OCH3 is 2. The Morgan fingerprint density at radius 2 is 1.48 bits per heavy atom. The van der Waals surface area contributed by atoms with Gasteiger partial charge in [-0.2, -0.15) is 0 Å². The van der Waals surface area contributed by atoms with E-state index in [1.807, 2.05) is 48.5 Å². The summed E-state index contributed by atoms with van der Waals surface area (Å²) in [6, 6.07) is 35.9. The van der Waals surface area contributed by atoms with Gasteiger partial charge < -0.3 is 40.4 Å². The molecule has 2 heterocycles. The first kappa shape index (κ1) is 42.4. The second kappa shape index (κ2) is 20.5. The lowest BCUT2D eigenvalue weighted by Gasteiger charge is -2.39. The summed E-state index contributed by atoms with van der Waals surface area (Å²) in [7, 11) is 3.34. The predicted octanol–water partition coefficient (Wildman–Crippen LogP) is 8.25. The Bertz CT molecular complexity index is 2210. The van der Waals surface area contributed by atoms with Crippen molar-refractivity contribution in [3.63, 3.8) is 0 Å². The summed E-state index contributed by atoms with van der Waals surface area (Å²) in [5, 5.41) is 15.5. The third-order valence-electron chi connectivity index (χ3n) is 11.3. The van der Waals surface area contributed by atoms with E-state index < -0.39 is 6.29 Å². The number of amides is 2. The van der Waals surface area contributed by atoms with Gasteiger partial charge in [-0.05, 0) is 88.5 Å². The molecule has 7 rings (SSSR count). The molecule has 11 heteroatoms. The lowest BCUT2D eigenvalue weighted by Crippen LogP contribution is -2.41. The normalized spacial score (nSPS) is 17.7. The fourth-order valence-electron chi connectivity index (χ4n) is 7.97. The van der Waals surface area contributed by atoms with Crippen LogP contribution in [0.5, 0.6) is 11.5 Å². The Kier molecular flexibility index (Phi) is 14.5. The van der Waals surface area contributed by atoms with Crippen LogP contribution in [0, 0.1) is 0 Å². The van der Waals surface area contributed by atoms with Crippen molar-refractivity contribution in [1.82, 2.24) is 10.2 Å². The largest absolute Gasteiger partial charge is 0.493 e. The number of fused-ring (bicyclic) bond motifs is 1. The van der Waals surface area contributed by atoms with Gasteiger partial charge >= 0.3 is 0 Å². The van der Waals surface area contributed by atoms with Crippen molar-refractivity contribution in [3.8, 4) is 22.6 Å². The zero-order valence-electron chi connectivity index (χ0n) is 34.5. The minimum Gasteiger partial charge on any atom is -0.493 e. The number of carbonyl (C=O) groups is 2. The number of carbonyl (C=O) groups excluding carboxylic acids is 2. The molecule has 0 aliphatic carbocycles. The van der Waals surface area contributed by atoms with Crippen LogP contribution in [0.3, 0.4) is 0 Å². The third kappa shape index (κ3) is 11.1. The minimum atomic E-state index is -0.561. The smallest absolute Gasteiger partial charge is 0.224 e. The quantitative estimate of drug-likeness (QED) is 0.0539. The highest BCUT2D eigenvalue weighted by Crippen LogP contribution is 2.40. The standard InChI is InChI=1S/C49H56N4O7/c1-57-45-26-39-23-24-53(30-40(39)27-46(45)58-2)31-41-28-44(36-17-15-33(32-54)16-18-36)60-49(59-41)37-21-19-35(20-22-37)38-10-8-9-34(25-38)29-51-47(55)13-4-3-5-14-48(56)52-43-12-7-6-11-42(43)50/h6-12,15-22,25-27,41,44,49,54H,3-5,13-14,23-24,28-32,50H2,1-2H3,(H,51,55)(H,52,56)/t41-,44+,49+/m1/s1. The van der Waals surface area contributed by atoms with E-state index in [4.69, 9.17) is 24.7 Å². The Labute approximate surface area is 352 Å². The molecule has 60 heavy (non-hydrogen) atoms. The molecule has 0 radical (unpaired) electrons. The lowest BCUT2D eigenvalue weighted by atomic mass is 9.96. The molecular weight excluding hydrogens is 757 g/mol. The highest BCUT2D eigenvalue weighted by atomic mass is 16.7. The van der Waals surface area contributed by atoms with Crippen molar-refractivity contribution in [3.05, 3.63) is 143 Å². The van der Waals surface area contributed by atoms with Gasteiger partial charge in [0.1, 0.15) is 0 Å². The Balaban J connectivity index is 0.934. The van der Waals surface area contributed by atoms with Gasteiger partial charge in [0.15, 0.2) is 17.8 Å². The Hall–Kier alpha value is -5.72. The molecule has 0 spiro atoms. The average molecular weight is 813 g/mol. The molecule has 5 aromatic rings. The number of aliphatic hydroxyl groups excluding tert-OH is 1. The Morgan fingerprint density at radius 1 is 0.767 bits per heavy atom. The number of unbranched alkanes of at least 4 members (excludes halogenated alkanes) is 2. The molecular formula is C49H56N4O7. The summed E-state index contributed by atoms with van der Waals surface area (Å²) in [6.45, 7) is 2.89. The fourth-order valence-corrected chi connectivity index (χ4v) is 7.97. The van der Waals surface area contributed by atoms with Crippen molar-refractivity contribution in [2.45, 2.75) is 83.1 Å². The summed E-state index contributed by atoms with van der Waals surface area (Å²) in [4.78, 5) is 27.4. The first-order valence-electron chi connectivity index (χ1n) is 20.9. The van der Waals surface area contributed by atoms with Crippen LogP contribution < -0.4 is 25.8 Å².